The van der Waals surface area contributed by atoms with E-state index >= 15 is 0 Å². The molecule has 146 valence electrons. The molecule has 1 heterocycles. The Morgan fingerprint density at radius 2 is 1.93 bits per heavy atom. The number of Topliss-reactive ketones (excluding diaryl/α,β-unsaturated/α-hetero) is 1. The number of sulfonamides is 1. The van der Waals surface area contributed by atoms with Crippen LogP contribution in [0.15, 0.2) is 27.4 Å². The van der Waals surface area contributed by atoms with Gasteiger partial charge in [0.05, 0.1) is 17.3 Å². The zero-order valence-corrected chi connectivity index (χ0v) is 15.9. The second-order valence-corrected chi connectivity index (χ2v) is 8.89. The van der Waals surface area contributed by atoms with Crippen LogP contribution in [0, 0.1) is 11.7 Å². The van der Waals surface area contributed by atoms with Crippen molar-refractivity contribution in [3.05, 3.63) is 40.0 Å². The van der Waals surface area contributed by atoms with Crippen LogP contribution < -0.4 is 10.2 Å². The summed E-state index contributed by atoms with van der Waals surface area (Å²) in [5.74, 6) is -0.718. The van der Waals surface area contributed by atoms with E-state index in [-0.39, 0.29) is 34.6 Å². The van der Waals surface area contributed by atoms with Gasteiger partial charge >= 0.3 is 0 Å². The number of anilines is 1. The molecule has 1 saturated carbocycles. The third kappa shape index (κ3) is 4.94. The fourth-order valence-electron chi connectivity index (χ4n) is 3.57. The zero-order valence-electron chi connectivity index (χ0n) is 15.1. The first-order valence-corrected chi connectivity index (χ1v) is 10.9. The normalized spacial score (nSPS) is 15.8. The van der Waals surface area contributed by atoms with Crippen LogP contribution in [0.3, 0.4) is 0 Å². The Balaban J connectivity index is 1.92. The highest BCUT2D eigenvalue weighted by molar-refractivity contribution is 7.92. The number of carbonyl (C=O) groups excluding carboxylic acids is 1. The van der Waals surface area contributed by atoms with Crippen molar-refractivity contribution >= 4 is 32.5 Å². The minimum atomic E-state index is -3.72. The SMILES string of the molecule is CS(=O)(=O)Nc1cc(F)cc2c(=O)cc(C(=O)CCC3CCCCC3)oc12. The molecule has 27 heavy (non-hydrogen) atoms. The van der Waals surface area contributed by atoms with Gasteiger partial charge in [0.1, 0.15) is 5.82 Å². The van der Waals surface area contributed by atoms with Crippen molar-refractivity contribution < 1.29 is 22.0 Å². The predicted molar refractivity (Wildman–Crippen MR) is 101 cm³/mol. The van der Waals surface area contributed by atoms with Gasteiger partial charge in [-0.1, -0.05) is 32.1 Å². The van der Waals surface area contributed by atoms with Crippen molar-refractivity contribution in [3.8, 4) is 0 Å². The van der Waals surface area contributed by atoms with Gasteiger partial charge in [-0.2, -0.15) is 0 Å². The van der Waals surface area contributed by atoms with Crippen molar-refractivity contribution in [1.82, 2.24) is 0 Å². The van der Waals surface area contributed by atoms with Crippen LogP contribution in [0.5, 0.6) is 0 Å². The van der Waals surface area contributed by atoms with Gasteiger partial charge in [0.2, 0.25) is 10.0 Å². The minimum absolute atomic E-state index is 0.120. The topological polar surface area (TPSA) is 93.5 Å². The molecule has 8 heteroatoms. The second-order valence-electron chi connectivity index (χ2n) is 7.15. The molecule has 0 saturated heterocycles. The number of benzene rings is 1. The average Bonchev–Trinajstić information content (AvgIpc) is 2.60. The molecule has 0 unspecified atom stereocenters. The summed E-state index contributed by atoms with van der Waals surface area (Å²) in [5, 5.41) is -0.120. The molecule has 1 aliphatic carbocycles. The van der Waals surface area contributed by atoms with Crippen LogP contribution >= 0.6 is 0 Å². The van der Waals surface area contributed by atoms with Crippen molar-refractivity contribution in [2.75, 3.05) is 11.0 Å². The van der Waals surface area contributed by atoms with Gasteiger partial charge in [-0.15, -0.1) is 0 Å². The van der Waals surface area contributed by atoms with Crippen molar-refractivity contribution in [2.24, 2.45) is 5.92 Å². The molecule has 0 amide bonds. The molecular weight excluding hydrogens is 373 g/mol. The standard InChI is InChI=1S/C19H22FNO5S/c1-27(24,25)21-15-10-13(20)9-14-17(23)11-18(26-19(14)15)16(22)8-7-12-5-3-2-4-6-12/h9-12,21H,2-8H2,1H3. The van der Waals surface area contributed by atoms with E-state index in [0.717, 1.165) is 43.7 Å². The Bertz CT molecular complexity index is 1020. The van der Waals surface area contributed by atoms with Gasteiger partial charge in [-0.05, 0) is 18.4 Å². The van der Waals surface area contributed by atoms with Gasteiger partial charge in [0.15, 0.2) is 22.6 Å². The Kier molecular flexibility index (Phi) is 5.64. The molecule has 1 aliphatic rings. The summed E-state index contributed by atoms with van der Waals surface area (Å²) in [6.45, 7) is 0. The van der Waals surface area contributed by atoms with E-state index in [0.29, 0.717) is 5.92 Å². The average molecular weight is 395 g/mol. The first-order chi connectivity index (χ1) is 12.7. The fraction of sp³-hybridized carbons (Fsp3) is 0.474. The highest BCUT2D eigenvalue weighted by Gasteiger charge is 2.20. The fourth-order valence-corrected chi connectivity index (χ4v) is 4.12. The van der Waals surface area contributed by atoms with Crippen molar-refractivity contribution in [3.63, 3.8) is 0 Å². The molecule has 6 nitrogen and oxygen atoms in total. The number of fused-ring (bicyclic) bond motifs is 1. The van der Waals surface area contributed by atoms with E-state index in [2.05, 4.69) is 4.72 Å². The zero-order chi connectivity index (χ0) is 19.6. The van der Waals surface area contributed by atoms with Crippen LogP contribution in [0.25, 0.3) is 11.0 Å². The van der Waals surface area contributed by atoms with E-state index in [1.54, 1.807) is 0 Å². The summed E-state index contributed by atoms with van der Waals surface area (Å²) in [6, 6.07) is 2.93. The number of rotatable bonds is 6. The second kappa shape index (κ2) is 7.80. The number of halogens is 1. The Hall–Kier alpha value is -2.22. The summed E-state index contributed by atoms with van der Waals surface area (Å²) < 4.78 is 44.5. The number of hydrogen-bond donors (Lipinski definition) is 1. The molecule has 0 aliphatic heterocycles. The Morgan fingerprint density at radius 3 is 2.59 bits per heavy atom. The van der Waals surface area contributed by atoms with Crippen LogP contribution in [0.1, 0.15) is 55.5 Å². The maximum atomic E-state index is 13.8. The molecule has 1 aromatic carbocycles. The largest absolute Gasteiger partial charge is 0.450 e. The molecule has 1 N–H and O–H groups in total. The minimum Gasteiger partial charge on any atom is -0.450 e. The van der Waals surface area contributed by atoms with Crippen molar-refractivity contribution in [1.29, 1.82) is 0 Å². The number of hydrogen-bond acceptors (Lipinski definition) is 5. The maximum absolute atomic E-state index is 13.8. The molecule has 0 radical (unpaired) electrons. The van der Waals surface area contributed by atoms with E-state index in [1.807, 2.05) is 0 Å². The van der Waals surface area contributed by atoms with E-state index in [9.17, 15) is 22.4 Å². The van der Waals surface area contributed by atoms with Gasteiger partial charge in [0, 0.05) is 18.6 Å². The van der Waals surface area contributed by atoms with Gasteiger partial charge in [0.25, 0.3) is 0 Å². The summed E-state index contributed by atoms with van der Waals surface area (Å²) in [5.41, 5.74) is -0.935. The molecule has 0 bridgehead atoms. The first kappa shape index (κ1) is 19.5. The molecular formula is C19H22FNO5S. The van der Waals surface area contributed by atoms with Crippen LogP contribution in [0.4, 0.5) is 10.1 Å². The molecule has 0 atom stereocenters. The van der Waals surface area contributed by atoms with Gasteiger partial charge in [-0.3, -0.25) is 14.3 Å². The first-order valence-electron chi connectivity index (χ1n) is 9.01. The highest BCUT2D eigenvalue weighted by Crippen LogP contribution is 2.29. The third-order valence-electron chi connectivity index (χ3n) is 4.87. The van der Waals surface area contributed by atoms with E-state index in [1.165, 1.54) is 19.3 Å². The molecule has 1 aromatic heterocycles. The predicted octanol–water partition coefficient (Wildman–Crippen LogP) is 3.85. The summed E-state index contributed by atoms with van der Waals surface area (Å²) >= 11 is 0. The highest BCUT2D eigenvalue weighted by atomic mass is 32.2. The Labute approximate surface area is 156 Å². The molecule has 3 rings (SSSR count). The quantitative estimate of drug-likeness (QED) is 0.750. The van der Waals surface area contributed by atoms with Crippen LogP contribution in [-0.2, 0) is 10.0 Å². The van der Waals surface area contributed by atoms with E-state index in [4.69, 9.17) is 4.42 Å². The lowest BCUT2D eigenvalue weighted by molar-refractivity contribution is 0.0944. The molecule has 1 fully saturated rings. The molecule has 0 spiro atoms. The van der Waals surface area contributed by atoms with E-state index < -0.39 is 21.3 Å². The van der Waals surface area contributed by atoms with Gasteiger partial charge in [-0.25, -0.2) is 12.8 Å². The summed E-state index contributed by atoms with van der Waals surface area (Å²) in [7, 11) is -3.72. The van der Waals surface area contributed by atoms with Crippen molar-refractivity contribution in [2.45, 2.75) is 44.9 Å². The maximum Gasteiger partial charge on any atom is 0.229 e. The number of nitrogens with one attached hydrogen (secondary N) is 1. The summed E-state index contributed by atoms with van der Waals surface area (Å²) in [4.78, 5) is 24.8. The van der Waals surface area contributed by atoms with Gasteiger partial charge < -0.3 is 4.42 Å². The summed E-state index contributed by atoms with van der Waals surface area (Å²) in [6.07, 6.45) is 7.70. The lowest BCUT2D eigenvalue weighted by Gasteiger charge is -2.20. The lowest BCUT2D eigenvalue weighted by atomic mass is 9.85. The smallest absolute Gasteiger partial charge is 0.229 e. The molecule has 2 aromatic rings. The number of ketones is 1. The number of carbonyl (C=O) groups is 1. The third-order valence-corrected chi connectivity index (χ3v) is 5.46. The lowest BCUT2D eigenvalue weighted by Crippen LogP contribution is -2.13. The Morgan fingerprint density at radius 1 is 1.22 bits per heavy atom. The van der Waals surface area contributed by atoms with Crippen LogP contribution in [-0.4, -0.2) is 20.5 Å². The monoisotopic (exact) mass is 395 g/mol. The van der Waals surface area contributed by atoms with Crippen LogP contribution in [0.2, 0.25) is 0 Å².